The van der Waals surface area contributed by atoms with Crippen molar-refractivity contribution in [2.45, 2.75) is 72.4 Å². The molecule has 1 atom stereocenters. The van der Waals surface area contributed by atoms with Crippen LogP contribution in [0.3, 0.4) is 0 Å². The number of imidazole rings is 1. The molecule has 5 rings (SSSR count). The van der Waals surface area contributed by atoms with Crippen LogP contribution in [-0.2, 0) is 22.5 Å². The number of hydrogen-bond donors (Lipinski definition) is 1. The van der Waals surface area contributed by atoms with Crippen LogP contribution < -0.4 is 15.0 Å². The van der Waals surface area contributed by atoms with Gasteiger partial charge in [0.2, 0.25) is 0 Å². The Balaban J connectivity index is 1.28. The van der Waals surface area contributed by atoms with Crippen LogP contribution >= 0.6 is 0 Å². The highest BCUT2D eigenvalue weighted by Gasteiger charge is 2.22. The van der Waals surface area contributed by atoms with Crippen molar-refractivity contribution in [2.24, 2.45) is 11.1 Å². The normalized spacial score (nSPS) is 13.4. The van der Waals surface area contributed by atoms with E-state index in [0.717, 1.165) is 84.8 Å². The van der Waals surface area contributed by atoms with E-state index >= 15 is 0 Å². The van der Waals surface area contributed by atoms with E-state index < -0.39 is 6.04 Å². The first-order valence-corrected chi connectivity index (χ1v) is 18.0. The number of nitrogens with one attached hydrogen (secondary N) is 1. The van der Waals surface area contributed by atoms with Gasteiger partial charge in [0.1, 0.15) is 18.2 Å². The van der Waals surface area contributed by atoms with Gasteiger partial charge >= 0.3 is 0 Å². The fourth-order valence-corrected chi connectivity index (χ4v) is 6.28. The van der Waals surface area contributed by atoms with E-state index in [0.29, 0.717) is 43.5 Å². The molecule has 9 nitrogen and oxygen atoms in total. The fraction of sp³-hybridized carbons (Fsp3) is 0.415. The molecule has 9 heteroatoms. The van der Waals surface area contributed by atoms with Gasteiger partial charge in [-0.15, -0.1) is 0 Å². The molecular formula is C41H51N5O4. The SMILES string of the molecule is CCCCOCCOc1ccc(-c2ccc3c(c2)C=C(C(=O)Nc2ccc(CC(N=O)c4nccn4CCC)cc2)CCN3CC(C)C)cc1. The molecule has 0 spiro atoms. The summed E-state index contributed by atoms with van der Waals surface area (Å²) >= 11 is 0. The first-order valence-electron chi connectivity index (χ1n) is 18.0. The van der Waals surface area contributed by atoms with E-state index in [9.17, 15) is 9.70 Å². The Labute approximate surface area is 296 Å². The number of benzene rings is 3. The van der Waals surface area contributed by atoms with Gasteiger partial charge in [-0.05, 0) is 89.9 Å². The highest BCUT2D eigenvalue weighted by molar-refractivity contribution is 6.07. The van der Waals surface area contributed by atoms with Crippen LogP contribution in [0.5, 0.6) is 5.75 Å². The van der Waals surface area contributed by atoms with Crippen molar-refractivity contribution in [1.29, 1.82) is 0 Å². The number of unbranched alkanes of at least 4 members (excludes halogenated alkanes) is 1. The number of ether oxygens (including phenoxy) is 2. The van der Waals surface area contributed by atoms with Crippen molar-refractivity contribution >= 4 is 23.4 Å². The van der Waals surface area contributed by atoms with Crippen LogP contribution in [-0.4, -0.2) is 48.4 Å². The number of nitroso groups, excluding NO2 is 1. The van der Waals surface area contributed by atoms with Gasteiger partial charge in [-0.3, -0.25) is 4.79 Å². The smallest absolute Gasteiger partial charge is 0.251 e. The summed E-state index contributed by atoms with van der Waals surface area (Å²) in [5, 5.41) is 6.48. The van der Waals surface area contributed by atoms with Crippen LogP contribution in [0.25, 0.3) is 17.2 Å². The van der Waals surface area contributed by atoms with Crippen LogP contribution in [0.15, 0.2) is 89.9 Å². The maximum atomic E-state index is 13.7. The average molecular weight is 678 g/mol. The molecule has 2 heterocycles. The number of anilines is 2. The summed E-state index contributed by atoms with van der Waals surface area (Å²) in [4.78, 5) is 32.2. The Morgan fingerprint density at radius 3 is 2.46 bits per heavy atom. The van der Waals surface area contributed by atoms with Crippen molar-refractivity contribution in [3.8, 4) is 16.9 Å². The number of carbonyl (C=O) groups excluding carboxylic acids is 1. The molecule has 1 aliphatic rings. The summed E-state index contributed by atoms with van der Waals surface area (Å²) in [6.45, 7) is 13.0. The molecule has 0 aliphatic carbocycles. The molecule has 0 saturated carbocycles. The minimum Gasteiger partial charge on any atom is -0.491 e. The van der Waals surface area contributed by atoms with Crippen molar-refractivity contribution in [2.75, 3.05) is 43.1 Å². The highest BCUT2D eigenvalue weighted by atomic mass is 16.5. The number of rotatable bonds is 18. The topological polar surface area (TPSA) is 98.0 Å². The lowest BCUT2D eigenvalue weighted by atomic mass is 10.00. The summed E-state index contributed by atoms with van der Waals surface area (Å²) in [5.74, 6) is 1.85. The van der Waals surface area contributed by atoms with Gasteiger partial charge in [0.25, 0.3) is 5.91 Å². The third-order valence-corrected chi connectivity index (χ3v) is 8.83. The Hall–Kier alpha value is -4.76. The zero-order valence-corrected chi connectivity index (χ0v) is 29.9. The Bertz CT molecular complexity index is 1710. The lowest BCUT2D eigenvalue weighted by Gasteiger charge is -2.27. The molecule has 1 aromatic heterocycles. The van der Waals surface area contributed by atoms with Crippen molar-refractivity contribution in [1.82, 2.24) is 9.55 Å². The van der Waals surface area contributed by atoms with Gasteiger partial charge in [-0.2, -0.15) is 4.91 Å². The minimum atomic E-state index is -0.571. The Kier molecular flexibility index (Phi) is 13.4. The second-order valence-electron chi connectivity index (χ2n) is 13.3. The number of aryl methyl sites for hydroxylation is 1. The largest absolute Gasteiger partial charge is 0.491 e. The number of amides is 1. The monoisotopic (exact) mass is 677 g/mol. The number of aromatic nitrogens is 2. The molecule has 4 aromatic rings. The molecule has 3 aromatic carbocycles. The van der Waals surface area contributed by atoms with Crippen LogP contribution in [0.4, 0.5) is 11.4 Å². The molecule has 1 amide bonds. The van der Waals surface area contributed by atoms with E-state index in [-0.39, 0.29) is 5.91 Å². The van der Waals surface area contributed by atoms with Crippen molar-refractivity contribution in [3.05, 3.63) is 107 Å². The first-order chi connectivity index (χ1) is 24.4. The van der Waals surface area contributed by atoms with Gasteiger partial charge in [0.15, 0.2) is 6.04 Å². The van der Waals surface area contributed by atoms with E-state index in [1.165, 1.54) is 0 Å². The summed E-state index contributed by atoms with van der Waals surface area (Å²) in [7, 11) is 0. The van der Waals surface area contributed by atoms with Crippen LogP contribution in [0.1, 0.15) is 76.4 Å². The molecule has 0 bridgehead atoms. The maximum Gasteiger partial charge on any atom is 0.251 e. The number of nitrogens with zero attached hydrogens (tertiary/aromatic N) is 4. The Morgan fingerprint density at radius 1 is 0.960 bits per heavy atom. The summed E-state index contributed by atoms with van der Waals surface area (Å²) in [5.41, 5.74) is 6.71. The summed E-state index contributed by atoms with van der Waals surface area (Å²) in [6.07, 6.45) is 9.85. The predicted octanol–water partition coefficient (Wildman–Crippen LogP) is 9.09. The van der Waals surface area contributed by atoms with Gasteiger partial charge in [0.05, 0.1) is 6.61 Å². The lowest BCUT2D eigenvalue weighted by molar-refractivity contribution is -0.112. The molecule has 1 unspecified atom stereocenters. The fourth-order valence-electron chi connectivity index (χ4n) is 6.28. The van der Waals surface area contributed by atoms with Gasteiger partial charge in [0, 0.05) is 62.0 Å². The first kappa shape index (κ1) is 36.5. The zero-order chi connectivity index (χ0) is 35.3. The van der Waals surface area contributed by atoms with E-state index in [1.54, 1.807) is 6.20 Å². The van der Waals surface area contributed by atoms with Gasteiger partial charge < -0.3 is 24.3 Å². The molecular weight excluding hydrogens is 626 g/mol. The molecule has 1 N–H and O–H groups in total. The standard InChI is InChI=1S/C41H51N5O4/c1-5-7-23-49-24-25-50-37-15-10-32(11-16-37)33-12-17-39-35(27-33)28-34(18-21-46(39)29-30(3)4)41(47)43-36-13-8-31(9-14-36)26-38(44-48)40-42-19-22-45(40)20-6-2/h8-17,19,22,27-28,30,38H,5-7,18,20-21,23-26,29H2,1-4H3,(H,43,47). The second kappa shape index (κ2) is 18.3. The number of hydrogen-bond acceptors (Lipinski definition) is 7. The quantitative estimate of drug-likeness (QED) is 0.0834. The average Bonchev–Trinajstić information content (AvgIpc) is 3.50. The molecule has 0 saturated heterocycles. The molecule has 50 heavy (non-hydrogen) atoms. The van der Waals surface area contributed by atoms with Gasteiger partial charge in [-0.25, -0.2) is 4.98 Å². The zero-order valence-electron chi connectivity index (χ0n) is 29.9. The number of carbonyl (C=O) groups is 1. The summed E-state index contributed by atoms with van der Waals surface area (Å²) in [6, 6.07) is 21.7. The predicted molar refractivity (Wildman–Crippen MR) is 203 cm³/mol. The Morgan fingerprint density at radius 2 is 1.74 bits per heavy atom. The van der Waals surface area contributed by atoms with E-state index in [1.807, 2.05) is 53.2 Å². The lowest BCUT2D eigenvalue weighted by Crippen LogP contribution is -2.29. The second-order valence-corrected chi connectivity index (χ2v) is 13.3. The molecule has 1 aliphatic heterocycles. The van der Waals surface area contributed by atoms with Crippen LogP contribution in [0.2, 0.25) is 0 Å². The highest BCUT2D eigenvalue weighted by Crippen LogP contribution is 2.34. The molecule has 264 valence electrons. The maximum absolute atomic E-state index is 13.7. The van der Waals surface area contributed by atoms with Crippen molar-refractivity contribution in [3.63, 3.8) is 0 Å². The van der Waals surface area contributed by atoms with E-state index in [2.05, 4.69) is 78.4 Å². The summed E-state index contributed by atoms with van der Waals surface area (Å²) < 4.78 is 13.5. The van der Waals surface area contributed by atoms with Gasteiger partial charge in [-0.1, -0.05) is 69.6 Å². The van der Waals surface area contributed by atoms with Crippen LogP contribution in [0, 0.1) is 10.8 Å². The molecule has 0 radical (unpaired) electrons. The number of fused-ring (bicyclic) bond motifs is 1. The third-order valence-electron chi connectivity index (χ3n) is 8.83. The third kappa shape index (κ3) is 9.91. The molecule has 0 fully saturated rings. The minimum absolute atomic E-state index is 0.116. The van der Waals surface area contributed by atoms with Crippen molar-refractivity contribution < 1.29 is 14.3 Å². The van der Waals surface area contributed by atoms with E-state index in [4.69, 9.17) is 9.47 Å².